The zero-order valence-corrected chi connectivity index (χ0v) is 10.6. The zero-order chi connectivity index (χ0) is 13.2. The summed E-state index contributed by atoms with van der Waals surface area (Å²) in [5.41, 5.74) is 2.41. The number of halogens is 2. The van der Waals surface area contributed by atoms with Gasteiger partial charge in [-0.05, 0) is 36.6 Å². The van der Waals surface area contributed by atoms with Crippen molar-refractivity contribution < 1.29 is 8.78 Å². The number of nitrogens with zero attached hydrogens (tertiary/aromatic N) is 1. The molecule has 1 fully saturated rings. The zero-order valence-electron chi connectivity index (χ0n) is 10.6. The standard InChI is InChI=1S/C16H15F2N/c17-13-8-12(9-14(18)10-13)15-6-3-7-19-16(15)11-4-1-2-5-11/h3,6-11H,1-2,4-5H2. The van der Waals surface area contributed by atoms with Gasteiger partial charge < -0.3 is 0 Å². The molecule has 1 heterocycles. The maximum Gasteiger partial charge on any atom is 0.126 e. The highest BCUT2D eigenvalue weighted by Gasteiger charge is 2.21. The van der Waals surface area contributed by atoms with Gasteiger partial charge >= 0.3 is 0 Å². The quantitative estimate of drug-likeness (QED) is 0.762. The third kappa shape index (κ3) is 2.50. The van der Waals surface area contributed by atoms with Crippen molar-refractivity contribution in [3.8, 4) is 11.1 Å². The Morgan fingerprint density at radius 2 is 1.68 bits per heavy atom. The molecule has 0 N–H and O–H groups in total. The number of benzene rings is 1. The Balaban J connectivity index is 2.08. The Bertz CT molecular complexity index is 569. The number of aromatic nitrogens is 1. The summed E-state index contributed by atoms with van der Waals surface area (Å²) in [5.74, 6) is -0.671. The van der Waals surface area contributed by atoms with Crippen molar-refractivity contribution in [1.29, 1.82) is 0 Å². The molecule has 0 bridgehead atoms. The van der Waals surface area contributed by atoms with Gasteiger partial charge in [0.05, 0.1) is 5.69 Å². The molecule has 0 unspecified atom stereocenters. The molecule has 1 aliphatic rings. The van der Waals surface area contributed by atoms with Crippen molar-refractivity contribution in [2.24, 2.45) is 0 Å². The van der Waals surface area contributed by atoms with E-state index in [1.807, 2.05) is 12.1 Å². The van der Waals surface area contributed by atoms with E-state index in [0.717, 1.165) is 30.2 Å². The molecule has 0 atom stereocenters. The lowest BCUT2D eigenvalue weighted by atomic mass is 9.94. The van der Waals surface area contributed by atoms with Crippen LogP contribution in [-0.4, -0.2) is 4.98 Å². The summed E-state index contributed by atoms with van der Waals surface area (Å²) in [6, 6.07) is 7.36. The molecule has 0 radical (unpaired) electrons. The Labute approximate surface area is 111 Å². The fourth-order valence-electron chi connectivity index (χ4n) is 2.90. The van der Waals surface area contributed by atoms with Crippen LogP contribution in [0.25, 0.3) is 11.1 Å². The Morgan fingerprint density at radius 1 is 1.00 bits per heavy atom. The molecule has 3 rings (SSSR count). The van der Waals surface area contributed by atoms with Gasteiger partial charge in [-0.1, -0.05) is 18.9 Å². The summed E-state index contributed by atoms with van der Waals surface area (Å²) in [7, 11) is 0. The molecule has 98 valence electrons. The molecule has 2 aromatic rings. The molecule has 3 heteroatoms. The third-order valence-corrected chi connectivity index (χ3v) is 3.75. The molecule has 1 aromatic heterocycles. The first kappa shape index (κ1) is 12.3. The fourth-order valence-corrected chi connectivity index (χ4v) is 2.90. The van der Waals surface area contributed by atoms with Crippen molar-refractivity contribution in [1.82, 2.24) is 4.98 Å². The smallest absolute Gasteiger partial charge is 0.126 e. The average Bonchev–Trinajstić information content (AvgIpc) is 2.91. The van der Waals surface area contributed by atoms with E-state index in [2.05, 4.69) is 4.98 Å². The van der Waals surface area contributed by atoms with E-state index in [9.17, 15) is 8.78 Å². The second-order valence-electron chi connectivity index (χ2n) is 5.08. The summed E-state index contributed by atoms with van der Waals surface area (Å²) in [4.78, 5) is 4.45. The van der Waals surface area contributed by atoms with E-state index in [1.165, 1.54) is 25.0 Å². The number of pyridine rings is 1. The van der Waals surface area contributed by atoms with Gasteiger partial charge in [0.2, 0.25) is 0 Å². The summed E-state index contributed by atoms with van der Waals surface area (Å²) in [6.45, 7) is 0. The summed E-state index contributed by atoms with van der Waals surface area (Å²) >= 11 is 0. The van der Waals surface area contributed by atoms with Gasteiger partial charge in [-0.3, -0.25) is 4.98 Å². The summed E-state index contributed by atoms with van der Waals surface area (Å²) < 4.78 is 26.7. The molecule has 1 saturated carbocycles. The second-order valence-corrected chi connectivity index (χ2v) is 5.08. The predicted octanol–water partition coefficient (Wildman–Crippen LogP) is 4.68. The lowest BCUT2D eigenvalue weighted by Crippen LogP contribution is -1.99. The molecule has 19 heavy (non-hydrogen) atoms. The second kappa shape index (κ2) is 5.08. The van der Waals surface area contributed by atoms with Gasteiger partial charge in [-0.25, -0.2) is 8.78 Å². The summed E-state index contributed by atoms with van der Waals surface area (Å²) in [6.07, 6.45) is 6.40. The molecular weight excluding hydrogens is 244 g/mol. The normalized spacial score (nSPS) is 15.9. The number of hydrogen-bond donors (Lipinski definition) is 0. The molecule has 0 amide bonds. The van der Waals surface area contributed by atoms with Crippen LogP contribution in [0.2, 0.25) is 0 Å². The van der Waals surface area contributed by atoms with Crippen molar-refractivity contribution in [2.75, 3.05) is 0 Å². The molecule has 1 aliphatic carbocycles. The van der Waals surface area contributed by atoms with Crippen molar-refractivity contribution in [3.05, 3.63) is 53.9 Å². The minimum Gasteiger partial charge on any atom is -0.260 e. The molecule has 1 nitrogen and oxygen atoms in total. The predicted molar refractivity (Wildman–Crippen MR) is 70.8 cm³/mol. The highest BCUT2D eigenvalue weighted by molar-refractivity contribution is 5.66. The first-order chi connectivity index (χ1) is 9.24. The molecular formula is C16H15F2N. The Morgan fingerprint density at radius 3 is 2.37 bits per heavy atom. The van der Waals surface area contributed by atoms with Crippen LogP contribution in [0.4, 0.5) is 8.78 Å². The first-order valence-corrected chi connectivity index (χ1v) is 6.65. The van der Waals surface area contributed by atoms with Gasteiger partial charge in [0, 0.05) is 23.7 Å². The van der Waals surface area contributed by atoms with Crippen LogP contribution in [0.15, 0.2) is 36.5 Å². The van der Waals surface area contributed by atoms with Gasteiger partial charge in [-0.2, -0.15) is 0 Å². The lowest BCUT2D eigenvalue weighted by molar-refractivity contribution is 0.584. The van der Waals surface area contributed by atoms with Crippen LogP contribution in [0.5, 0.6) is 0 Å². The SMILES string of the molecule is Fc1cc(F)cc(-c2cccnc2C2CCCC2)c1. The number of hydrogen-bond acceptors (Lipinski definition) is 1. The van der Waals surface area contributed by atoms with E-state index >= 15 is 0 Å². The first-order valence-electron chi connectivity index (χ1n) is 6.65. The monoisotopic (exact) mass is 259 g/mol. The van der Waals surface area contributed by atoms with Crippen LogP contribution < -0.4 is 0 Å². The van der Waals surface area contributed by atoms with Crippen LogP contribution in [0, 0.1) is 11.6 Å². The van der Waals surface area contributed by atoms with Crippen LogP contribution in [0.3, 0.4) is 0 Å². The average molecular weight is 259 g/mol. The highest BCUT2D eigenvalue weighted by atomic mass is 19.1. The molecule has 1 aromatic carbocycles. The van der Waals surface area contributed by atoms with E-state index in [4.69, 9.17) is 0 Å². The third-order valence-electron chi connectivity index (χ3n) is 3.75. The fraction of sp³-hybridized carbons (Fsp3) is 0.312. The minimum atomic E-state index is -0.545. The molecule has 0 saturated heterocycles. The lowest BCUT2D eigenvalue weighted by Gasteiger charge is -2.14. The van der Waals surface area contributed by atoms with Crippen molar-refractivity contribution in [3.63, 3.8) is 0 Å². The van der Waals surface area contributed by atoms with Crippen LogP contribution in [0.1, 0.15) is 37.3 Å². The van der Waals surface area contributed by atoms with Gasteiger partial charge in [0.15, 0.2) is 0 Å². The topological polar surface area (TPSA) is 12.9 Å². The Hall–Kier alpha value is -1.77. The highest BCUT2D eigenvalue weighted by Crippen LogP contribution is 2.38. The largest absolute Gasteiger partial charge is 0.260 e. The molecule has 0 spiro atoms. The van der Waals surface area contributed by atoms with Crippen molar-refractivity contribution in [2.45, 2.75) is 31.6 Å². The van der Waals surface area contributed by atoms with E-state index < -0.39 is 11.6 Å². The number of rotatable bonds is 2. The minimum absolute atomic E-state index is 0.419. The van der Waals surface area contributed by atoms with E-state index in [0.29, 0.717) is 11.5 Å². The summed E-state index contributed by atoms with van der Waals surface area (Å²) in [5, 5.41) is 0. The van der Waals surface area contributed by atoms with E-state index in [1.54, 1.807) is 6.20 Å². The van der Waals surface area contributed by atoms with Crippen LogP contribution >= 0.6 is 0 Å². The van der Waals surface area contributed by atoms with Crippen molar-refractivity contribution >= 4 is 0 Å². The molecule has 0 aliphatic heterocycles. The van der Waals surface area contributed by atoms with E-state index in [-0.39, 0.29) is 0 Å². The van der Waals surface area contributed by atoms with Crippen LogP contribution in [-0.2, 0) is 0 Å². The van der Waals surface area contributed by atoms with Gasteiger partial charge in [0.1, 0.15) is 11.6 Å². The van der Waals surface area contributed by atoms with Gasteiger partial charge in [-0.15, -0.1) is 0 Å². The maximum absolute atomic E-state index is 13.4. The maximum atomic E-state index is 13.4. The Kier molecular flexibility index (Phi) is 3.28. The van der Waals surface area contributed by atoms with Gasteiger partial charge in [0.25, 0.3) is 0 Å².